The van der Waals surface area contributed by atoms with Crippen LogP contribution in [0.1, 0.15) is 8.85 Å². The molecule has 227 valence electrons. The summed E-state index contributed by atoms with van der Waals surface area (Å²) in [6.07, 6.45) is -19.8. The molecule has 0 heterocycles. The maximum atomic E-state index is 12.7. The first kappa shape index (κ1) is 47.1. The van der Waals surface area contributed by atoms with Gasteiger partial charge in [0.25, 0.3) is 0 Å². The van der Waals surface area contributed by atoms with Crippen LogP contribution in [0.2, 0.25) is 0 Å². The molecule has 0 bridgehead atoms. The molecule has 0 aromatic heterocycles. The molecule has 0 saturated heterocycles. The van der Waals surface area contributed by atoms with E-state index in [2.05, 4.69) is 14.2 Å². The number of rotatable bonds is 10. The monoisotopic (exact) mass is 635 g/mol. The Balaban J connectivity index is -0.000000132. The molecule has 3 radical (unpaired) electrons. The van der Waals surface area contributed by atoms with Crippen molar-refractivity contribution in [2.45, 2.75) is 43.3 Å². The molecule has 0 amide bonds. The summed E-state index contributed by atoms with van der Waals surface area (Å²) in [6, 6.07) is -6.92. The van der Waals surface area contributed by atoms with Crippen molar-refractivity contribution in [3.8, 4) is 0 Å². The van der Waals surface area contributed by atoms with Gasteiger partial charge in [-0.25, -0.2) is 4.79 Å². The number of methoxy groups -OCH3 is 1. The normalized spacial score (nSPS) is 12.2. The van der Waals surface area contributed by atoms with Crippen LogP contribution in [-0.2, 0) is 19.0 Å². The molecule has 0 saturated carbocycles. The van der Waals surface area contributed by atoms with Crippen LogP contribution in [-0.4, -0.2) is 69.1 Å². The van der Waals surface area contributed by atoms with Gasteiger partial charge in [-0.1, -0.05) is 7.43 Å². The van der Waals surface area contributed by atoms with Gasteiger partial charge in [0.05, 0.1) is 7.11 Å². The van der Waals surface area contributed by atoms with Gasteiger partial charge in [0.2, 0.25) is 0 Å². The van der Waals surface area contributed by atoms with E-state index in [-0.39, 0.29) is 53.9 Å². The summed E-state index contributed by atoms with van der Waals surface area (Å²) in [6.45, 7) is -2.72. The number of carbonyl (C=O) groups excluding carboxylic acids is 1. The fraction of sp³-hybridized carbons (Fsp3) is 0.643. The van der Waals surface area contributed by atoms with Crippen LogP contribution in [0.4, 0.5) is 79.0 Å². The number of carbonyl (C=O) groups is 1. The molecule has 0 atom stereocenters. The van der Waals surface area contributed by atoms with E-state index in [9.17, 15) is 83.8 Å². The number of aliphatic hydroxyl groups is 1. The summed E-state index contributed by atoms with van der Waals surface area (Å²) in [7, 11) is 0.174. The number of alkyl halides is 12. The molecule has 0 rings (SSSR count). The van der Waals surface area contributed by atoms with Crippen LogP contribution in [0.25, 0.3) is 0 Å². The zero-order valence-electron chi connectivity index (χ0n) is 18.7. The molecule has 0 unspecified atom stereocenters. The molecule has 1 N–H and O–H groups in total. The van der Waals surface area contributed by atoms with Crippen molar-refractivity contribution in [2.75, 3.05) is 13.7 Å². The van der Waals surface area contributed by atoms with Crippen LogP contribution in [0, 0.1) is 0 Å². The number of halogens is 18. The van der Waals surface area contributed by atoms with Crippen molar-refractivity contribution < 1.29 is 134 Å². The fourth-order valence-corrected chi connectivity index (χ4v) is 1.18. The van der Waals surface area contributed by atoms with E-state index in [0.717, 1.165) is 0 Å². The van der Waals surface area contributed by atoms with Crippen molar-refractivity contribution in [3.05, 3.63) is 24.2 Å². The zero-order chi connectivity index (χ0) is 29.7. The van der Waals surface area contributed by atoms with Gasteiger partial charge >= 0.3 is 95.6 Å². The quantitative estimate of drug-likeness (QED) is 0.173. The third kappa shape index (κ3) is 10.7. The summed E-state index contributed by atoms with van der Waals surface area (Å²) in [5.74, 6) is -27.9. The van der Waals surface area contributed by atoms with E-state index in [0.29, 0.717) is 0 Å². The minimum absolute atomic E-state index is 0. The summed E-state index contributed by atoms with van der Waals surface area (Å²) >= 11 is 0. The fourth-order valence-electron chi connectivity index (χ4n) is 1.18. The Labute approximate surface area is 230 Å². The van der Waals surface area contributed by atoms with E-state index in [1.54, 1.807) is 0 Å². The third-order valence-electron chi connectivity index (χ3n) is 2.96. The van der Waals surface area contributed by atoms with Gasteiger partial charge < -0.3 is 20.7 Å². The van der Waals surface area contributed by atoms with Crippen LogP contribution in [0.5, 0.6) is 0 Å². The Hall–Kier alpha value is -1.69. The second kappa shape index (κ2) is 15.9. The molecule has 0 aliphatic carbocycles. The molecule has 39 heavy (non-hydrogen) atoms. The second-order valence-corrected chi connectivity index (χ2v) is 5.38. The van der Waals surface area contributed by atoms with Crippen LogP contribution >= 0.6 is 0 Å². The first-order chi connectivity index (χ1) is 15.7. The molecule has 5 nitrogen and oxygen atoms in total. The van der Waals surface area contributed by atoms with E-state index in [1.165, 1.54) is 0 Å². The largest absolute Gasteiger partial charge is 1.00 e. The average molecular weight is 635 g/mol. The Morgan fingerprint density at radius 3 is 1.21 bits per heavy atom. The average Bonchev–Trinajstić information content (AvgIpc) is 2.71. The minimum Gasteiger partial charge on any atom is -1.00 e. The smallest absolute Gasteiger partial charge is 1.00 e. The maximum absolute atomic E-state index is 12.7. The molecule has 25 heteroatoms. The van der Waals surface area contributed by atoms with Gasteiger partial charge in [0.1, 0.15) is 6.61 Å². The van der Waals surface area contributed by atoms with Gasteiger partial charge in [-0.15, -0.1) is 0 Å². The first-order valence-corrected chi connectivity index (χ1v) is 7.45. The van der Waals surface area contributed by atoms with Crippen molar-refractivity contribution in [2.24, 2.45) is 0 Å². The summed E-state index contributed by atoms with van der Waals surface area (Å²) in [4.78, 5) is 10.3. The number of ether oxygens (including phenoxy) is 3. The molecule has 0 fully saturated rings. The number of hydrogen-bond donors (Lipinski definition) is 1. The zero-order valence-corrected chi connectivity index (χ0v) is 19.7. The van der Waals surface area contributed by atoms with Gasteiger partial charge in [-0.3, -0.25) is 0 Å². The number of aliphatic hydroxyl groups excluding tert-OH is 1. The molecular formula is C14H11BF18NaO5. The second-order valence-electron chi connectivity index (χ2n) is 5.38. The minimum atomic E-state index is -6.64. The Bertz CT molecular complexity index is 849. The standard InChI is InChI=1S/C7H3F9O3.C6H3F9O2.CH4.B.Na.H/c1-18-4(17)5(11,12)6(13,14)7(15,16)19-3(10)2(8)9;7-2(8)3(9)17-6(14,15)5(12,13)4(10,11)1-16;;;;/h1H3;16H,1H2;1H4;;;/q;;;;+1;-1. The molecule has 0 aromatic rings. The van der Waals surface area contributed by atoms with Crippen molar-refractivity contribution in [1.82, 2.24) is 0 Å². The van der Waals surface area contributed by atoms with Crippen LogP contribution in [0.3, 0.4) is 0 Å². The van der Waals surface area contributed by atoms with Gasteiger partial charge in [0.15, 0.2) is 0 Å². The van der Waals surface area contributed by atoms with Crippen molar-refractivity contribution in [3.63, 3.8) is 0 Å². The number of esters is 1. The SMILES string of the molecule is C.COC(=O)C(F)(F)C(F)(F)C(F)(F)OC(F)=C(F)F.OCC(F)(F)C(F)(F)C(F)(F)OC(F)=C(F)F.[B].[H-].[Na+]. The topological polar surface area (TPSA) is 65.0 Å². The van der Waals surface area contributed by atoms with E-state index in [4.69, 9.17) is 5.11 Å². The maximum Gasteiger partial charge on any atom is 1.00 e. The molecular weight excluding hydrogens is 624 g/mol. The summed E-state index contributed by atoms with van der Waals surface area (Å²) in [5.41, 5.74) is 0. The van der Waals surface area contributed by atoms with Gasteiger partial charge in [-0.2, -0.15) is 79.0 Å². The third-order valence-corrected chi connectivity index (χ3v) is 2.96. The van der Waals surface area contributed by atoms with Crippen molar-refractivity contribution >= 4 is 14.4 Å². The van der Waals surface area contributed by atoms with E-state index >= 15 is 0 Å². The Kier molecular flexibility index (Phi) is 19.3. The molecule has 0 aliphatic heterocycles. The summed E-state index contributed by atoms with van der Waals surface area (Å²) < 4.78 is 226. The van der Waals surface area contributed by atoms with Gasteiger partial charge in [0, 0.05) is 8.41 Å². The Morgan fingerprint density at radius 2 is 0.974 bits per heavy atom. The van der Waals surface area contributed by atoms with E-state index < -0.39 is 72.7 Å². The van der Waals surface area contributed by atoms with E-state index in [1.807, 2.05) is 0 Å². The van der Waals surface area contributed by atoms with Crippen LogP contribution < -0.4 is 29.6 Å². The predicted octanol–water partition coefficient (Wildman–Crippen LogP) is 3.34. The summed E-state index contributed by atoms with van der Waals surface area (Å²) in [5, 5.41) is 7.76. The Morgan fingerprint density at radius 1 is 0.692 bits per heavy atom. The molecule has 0 aromatic carbocycles. The molecule has 0 spiro atoms. The first-order valence-electron chi connectivity index (χ1n) is 7.45. The van der Waals surface area contributed by atoms with Gasteiger partial charge in [-0.05, 0) is 0 Å². The van der Waals surface area contributed by atoms with Crippen molar-refractivity contribution in [1.29, 1.82) is 0 Å². The predicted molar refractivity (Wildman–Crippen MR) is 85.3 cm³/mol. The number of hydrogen-bond acceptors (Lipinski definition) is 5. The van der Waals surface area contributed by atoms with Crippen LogP contribution in [0.15, 0.2) is 24.2 Å². The molecule has 0 aliphatic rings.